The van der Waals surface area contributed by atoms with Gasteiger partial charge in [-0.05, 0) is 58.7 Å². The first-order valence-electron chi connectivity index (χ1n) is 11.6. The fraction of sp³-hybridized carbons (Fsp3) is 0.200. The second-order valence-electron chi connectivity index (χ2n) is 8.73. The summed E-state index contributed by atoms with van der Waals surface area (Å²) < 4.78 is 13.4. The van der Waals surface area contributed by atoms with Crippen molar-refractivity contribution in [2.75, 3.05) is 0 Å². The first-order valence-corrected chi connectivity index (χ1v) is 11.6. The van der Waals surface area contributed by atoms with Crippen molar-refractivity contribution in [3.63, 3.8) is 0 Å². The number of ether oxygens (including phenoxy) is 2. The highest BCUT2D eigenvalue weighted by Gasteiger charge is 2.42. The molecule has 32 heavy (non-hydrogen) atoms. The van der Waals surface area contributed by atoms with E-state index in [9.17, 15) is 0 Å². The molecule has 1 atom stereocenters. The van der Waals surface area contributed by atoms with Gasteiger partial charge in [0.1, 0.15) is 11.5 Å². The lowest BCUT2D eigenvalue weighted by molar-refractivity contribution is -0.0436. The molecule has 2 aliphatic rings. The van der Waals surface area contributed by atoms with Gasteiger partial charge in [0.15, 0.2) is 0 Å². The minimum Gasteiger partial charge on any atom is -0.444 e. The number of fused-ring (bicyclic) bond motifs is 6. The molecule has 1 spiro atoms. The summed E-state index contributed by atoms with van der Waals surface area (Å²) >= 11 is 0. The summed E-state index contributed by atoms with van der Waals surface area (Å²) in [7, 11) is 0. The van der Waals surface area contributed by atoms with Gasteiger partial charge >= 0.3 is 0 Å². The van der Waals surface area contributed by atoms with Crippen molar-refractivity contribution < 1.29 is 9.47 Å². The zero-order valence-corrected chi connectivity index (χ0v) is 18.3. The number of hydrogen-bond donors (Lipinski definition) is 0. The molecule has 0 aromatic heterocycles. The maximum Gasteiger partial charge on any atom is 0.294 e. The number of unbranched alkanes of at least 4 members (excludes halogenated alkanes) is 2. The van der Waals surface area contributed by atoms with Crippen LogP contribution in [0.4, 0.5) is 0 Å². The largest absolute Gasteiger partial charge is 0.444 e. The Balaban J connectivity index is 1.49. The molecule has 6 rings (SSSR count). The zero-order chi connectivity index (χ0) is 21.5. The Labute approximate surface area is 188 Å². The van der Waals surface area contributed by atoms with Crippen LogP contribution in [0.15, 0.2) is 84.4 Å². The molecule has 0 saturated heterocycles. The van der Waals surface area contributed by atoms with Crippen LogP contribution in [0.2, 0.25) is 0 Å². The van der Waals surface area contributed by atoms with E-state index in [-0.39, 0.29) is 0 Å². The highest BCUT2D eigenvalue weighted by molar-refractivity contribution is 5.96. The van der Waals surface area contributed by atoms with E-state index in [0.29, 0.717) is 0 Å². The van der Waals surface area contributed by atoms with Gasteiger partial charge < -0.3 is 9.47 Å². The van der Waals surface area contributed by atoms with Crippen molar-refractivity contribution in [2.45, 2.75) is 38.4 Å². The molecule has 0 amide bonds. The van der Waals surface area contributed by atoms with Crippen molar-refractivity contribution in [2.24, 2.45) is 0 Å². The summed E-state index contributed by atoms with van der Waals surface area (Å²) in [6.07, 6.45) is 11.1. The molecule has 0 saturated carbocycles. The van der Waals surface area contributed by atoms with Gasteiger partial charge in [-0.25, -0.2) is 0 Å². The van der Waals surface area contributed by atoms with Gasteiger partial charge in [0.25, 0.3) is 5.79 Å². The van der Waals surface area contributed by atoms with Gasteiger partial charge in [-0.15, -0.1) is 0 Å². The molecule has 0 bridgehead atoms. The van der Waals surface area contributed by atoms with E-state index in [1.807, 2.05) is 0 Å². The van der Waals surface area contributed by atoms with Gasteiger partial charge in [-0.1, -0.05) is 80.4 Å². The predicted molar refractivity (Wildman–Crippen MR) is 133 cm³/mol. The minimum absolute atomic E-state index is 0.872. The molecule has 158 valence electrons. The van der Waals surface area contributed by atoms with Gasteiger partial charge in [0.05, 0.1) is 0 Å². The molecular weight excluding hydrogens is 392 g/mol. The Bertz CT molecular complexity index is 1390. The van der Waals surface area contributed by atoms with E-state index in [2.05, 4.69) is 97.9 Å². The molecular formula is C30H26O2. The molecule has 2 nitrogen and oxygen atoms in total. The summed E-state index contributed by atoms with van der Waals surface area (Å²) in [5.74, 6) is 0.854. The molecule has 0 radical (unpaired) electrons. The van der Waals surface area contributed by atoms with Gasteiger partial charge in [0.2, 0.25) is 0 Å². The summed E-state index contributed by atoms with van der Waals surface area (Å²) in [5, 5.41) is 4.87. The Hall–Kier alpha value is -3.52. The molecule has 2 heteroatoms. The van der Waals surface area contributed by atoms with Crippen LogP contribution >= 0.6 is 0 Å². The SMILES string of the molecule is CCCCCC1=Cc2c(ccc3ccccc23)OC12C=Cc1c(ccc3ccccc13)O2. The number of rotatable bonds is 4. The minimum atomic E-state index is -0.890. The Morgan fingerprint density at radius 3 is 2.00 bits per heavy atom. The first-order chi connectivity index (χ1) is 15.8. The second kappa shape index (κ2) is 7.56. The second-order valence-corrected chi connectivity index (χ2v) is 8.73. The standard InChI is InChI=1S/C30H26O2/c1-2-3-4-11-23-20-27-25-13-8-6-10-22(25)15-17-29(27)32-30(23)19-18-26-24-12-7-5-9-21(24)14-16-28(26)31-30/h5-10,12-20H,2-4,11H2,1H3. The lowest BCUT2D eigenvalue weighted by atomic mass is 9.89. The van der Waals surface area contributed by atoms with Gasteiger partial charge in [0, 0.05) is 22.8 Å². The Morgan fingerprint density at radius 1 is 0.688 bits per heavy atom. The topological polar surface area (TPSA) is 18.5 Å². The van der Waals surface area contributed by atoms with Crippen molar-refractivity contribution in [3.05, 3.63) is 95.6 Å². The zero-order valence-electron chi connectivity index (χ0n) is 18.3. The predicted octanol–water partition coefficient (Wildman–Crippen LogP) is 8.15. The molecule has 0 fully saturated rings. The average Bonchev–Trinajstić information content (AvgIpc) is 2.84. The molecule has 4 aromatic rings. The molecule has 2 aliphatic heterocycles. The van der Waals surface area contributed by atoms with E-state index in [0.717, 1.165) is 35.5 Å². The van der Waals surface area contributed by atoms with Crippen molar-refractivity contribution in [3.8, 4) is 11.5 Å². The summed E-state index contributed by atoms with van der Waals surface area (Å²) in [4.78, 5) is 0. The lowest BCUT2D eigenvalue weighted by Gasteiger charge is -2.40. The number of hydrogen-bond acceptors (Lipinski definition) is 2. The molecule has 4 aromatic carbocycles. The van der Waals surface area contributed by atoms with E-state index < -0.39 is 5.79 Å². The van der Waals surface area contributed by atoms with E-state index in [1.54, 1.807) is 0 Å². The van der Waals surface area contributed by atoms with Crippen LogP contribution < -0.4 is 9.47 Å². The van der Waals surface area contributed by atoms with Crippen LogP contribution in [0.5, 0.6) is 11.5 Å². The maximum absolute atomic E-state index is 6.70. The van der Waals surface area contributed by atoms with E-state index in [1.165, 1.54) is 40.0 Å². The lowest BCUT2D eigenvalue weighted by Crippen LogP contribution is -2.45. The quantitative estimate of drug-likeness (QED) is 0.311. The molecule has 1 unspecified atom stereocenters. The third-order valence-electron chi connectivity index (χ3n) is 6.67. The highest BCUT2D eigenvalue weighted by atomic mass is 16.7. The maximum atomic E-state index is 6.70. The Morgan fingerprint density at radius 2 is 1.31 bits per heavy atom. The van der Waals surface area contributed by atoms with E-state index in [4.69, 9.17) is 9.47 Å². The van der Waals surface area contributed by atoms with Crippen molar-refractivity contribution in [1.82, 2.24) is 0 Å². The van der Waals surface area contributed by atoms with Gasteiger partial charge in [-0.2, -0.15) is 0 Å². The van der Waals surface area contributed by atoms with Crippen LogP contribution in [0, 0.1) is 0 Å². The van der Waals surface area contributed by atoms with Crippen LogP contribution in [0.25, 0.3) is 33.7 Å². The fourth-order valence-electron chi connectivity index (χ4n) is 4.98. The summed E-state index contributed by atoms with van der Waals surface area (Å²) in [5.41, 5.74) is 3.46. The van der Waals surface area contributed by atoms with Crippen LogP contribution in [-0.2, 0) is 0 Å². The Kier molecular flexibility index (Phi) is 4.53. The van der Waals surface area contributed by atoms with Crippen LogP contribution in [0.3, 0.4) is 0 Å². The van der Waals surface area contributed by atoms with Crippen LogP contribution in [0.1, 0.15) is 43.7 Å². The monoisotopic (exact) mass is 418 g/mol. The average molecular weight is 419 g/mol. The molecule has 0 N–H and O–H groups in total. The van der Waals surface area contributed by atoms with Crippen molar-refractivity contribution >= 4 is 33.7 Å². The first kappa shape index (κ1) is 19.2. The van der Waals surface area contributed by atoms with E-state index >= 15 is 0 Å². The summed E-state index contributed by atoms with van der Waals surface area (Å²) in [6.45, 7) is 2.24. The summed E-state index contributed by atoms with van der Waals surface area (Å²) in [6, 6.07) is 25.4. The van der Waals surface area contributed by atoms with Crippen LogP contribution in [-0.4, -0.2) is 5.79 Å². The molecule has 0 aliphatic carbocycles. The third kappa shape index (κ3) is 3.02. The number of benzene rings is 4. The smallest absolute Gasteiger partial charge is 0.294 e. The molecule has 2 heterocycles. The van der Waals surface area contributed by atoms with Gasteiger partial charge in [-0.3, -0.25) is 0 Å². The highest BCUT2D eigenvalue weighted by Crippen LogP contribution is 2.46. The fourth-order valence-corrected chi connectivity index (χ4v) is 4.98. The van der Waals surface area contributed by atoms with Crippen molar-refractivity contribution in [1.29, 1.82) is 0 Å². The third-order valence-corrected chi connectivity index (χ3v) is 6.67. The normalized spacial score (nSPS) is 18.7.